The number of benzene rings is 1. The zero-order chi connectivity index (χ0) is 32.0. The molecular formula is C28H42N6O8S. The van der Waals surface area contributed by atoms with E-state index in [1.54, 1.807) is 4.90 Å². The monoisotopic (exact) mass is 622 g/mol. The second kappa shape index (κ2) is 21.8. The van der Waals surface area contributed by atoms with Crippen molar-refractivity contribution >= 4 is 59.7 Å². The third kappa shape index (κ3) is 17.7. The molecule has 0 bridgehead atoms. The van der Waals surface area contributed by atoms with Gasteiger partial charge in [0.1, 0.15) is 18.9 Å². The van der Waals surface area contributed by atoms with E-state index in [1.165, 1.54) is 9.80 Å². The Labute approximate surface area is 256 Å². The summed E-state index contributed by atoms with van der Waals surface area (Å²) in [5.41, 5.74) is 6.72. The highest BCUT2D eigenvalue weighted by molar-refractivity contribution is 7.80. The molecule has 0 aliphatic heterocycles. The molecule has 0 unspecified atom stereocenters. The average molecular weight is 623 g/mol. The number of carbonyl (C=O) groups is 6. The number of aliphatic carboxylic acids is 2. The van der Waals surface area contributed by atoms with Crippen molar-refractivity contribution in [3.63, 3.8) is 0 Å². The van der Waals surface area contributed by atoms with E-state index in [1.807, 2.05) is 24.3 Å². The molecule has 1 rings (SSSR count). The Morgan fingerprint density at radius 2 is 1.47 bits per heavy atom. The Hall–Kier alpha value is -3.79. The normalized spacial score (nSPS) is 11.7. The van der Waals surface area contributed by atoms with Crippen molar-refractivity contribution in [2.45, 2.75) is 38.1 Å². The van der Waals surface area contributed by atoms with Crippen LogP contribution in [0, 0.1) is 0 Å². The van der Waals surface area contributed by atoms with Crippen molar-refractivity contribution < 1.29 is 39.0 Å². The number of thiocarbonyl (C=S) groups is 1. The Balaban J connectivity index is 2.91. The molecule has 0 spiro atoms. The molecule has 238 valence electrons. The summed E-state index contributed by atoms with van der Waals surface area (Å²) in [7, 11) is 0. The quantitative estimate of drug-likeness (QED) is 0.0535. The maximum absolute atomic E-state index is 11.6. The fourth-order valence-electron chi connectivity index (χ4n) is 4.37. The molecule has 0 fully saturated rings. The number of rotatable bonds is 25. The number of hydrogen-bond donors (Lipinski definition) is 5. The minimum atomic E-state index is -1.11. The first-order valence-corrected chi connectivity index (χ1v) is 14.3. The Kier molecular flexibility index (Phi) is 18.9. The van der Waals surface area contributed by atoms with Crippen LogP contribution in [0.4, 0.5) is 5.69 Å². The number of nitrogens with zero attached hydrogens (tertiary/aromatic N) is 3. The van der Waals surface area contributed by atoms with E-state index in [0.29, 0.717) is 43.4 Å². The lowest BCUT2D eigenvalue weighted by Crippen LogP contribution is -2.50. The minimum Gasteiger partial charge on any atom is -0.480 e. The van der Waals surface area contributed by atoms with Gasteiger partial charge in [-0.25, -0.2) is 0 Å². The topological polar surface area (TPSA) is 203 Å². The van der Waals surface area contributed by atoms with Gasteiger partial charge in [0.25, 0.3) is 0 Å². The highest BCUT2D eigenvalue weighted by Crippen LogP contribution is 2.15. The van der Waals surface area contributed by atoms with Gasteiger partial charge >= 0.3 is 11.9 Å². The van der Waals surface area contributed by atoms with Crippen molar-refractivity contribution in [1.29, 1.82) is 0 Å². The number of carboxylic acid groups (broad SMARTS) is 2. The van der Waals surface area contributed by atoms with E-state index in [2.05, 4.69) is 10.6 Å². The molecule has 0 saturated carbocycles. The Morgan fingerprint density at radius 1 is 0.860 bits per heavy atom. The van der Waals surface area contributed by atoms with Gasteiger partial charge in [0.05, 0.1) is 32.7 Å². The molecule has 1 aromatic carbocycles. The van der Waals surface area contributed by atoms with E-state index < -0.39 is 24.5 Å². The molecule has 0 aliphatic carbocycles. The largest absolute Gasteiger partial charge is 0.480 e. The van der Waals surface area contributed by atoms with Gasteiger partial charge in [-0.2, -0.15) is 0 Å². The molecule has 43 heavy (non-hydrogen) atoms. The maximum atomic E-state index is 11.6. The molecule has 0 radical (unpaired) electrons. The van der Waals surface area contributed by atoms with E-state index >= 15 is 0 Å². The number of amides is 1. The van der Waals surface area contributed by atoms with Gasteiger partial charge in [-0.1, -0.05) is 18.6 Å². The summed E-state index contributed by atoms with van der Waals surface area (Å²) in [6.45, 7) is 0.341. The fraction of sp³-hybridized carbons (Fsp3) is 0.536. The fourth-order valence-corrected chi connectivity index (χ4v) is 4.59. The summed E-state index contributed by atoms with van der Waals surface area (Å²) in [5, 5.41) is 25.2. The van der Waals surface area contributed by atoms with Crippen molar-refractivity contribution in [3.8, 4) is 0 Å². The van der Waals surface area contributed by atoms with Crippen LogP contribution in [0.2, 0.25) is 0 Å². The number of aldehydes is 3. The van der Waals surface area contributed by atoms with Crippen LogP contribution < -0.4 is 16.4 Å². The van der Waals surface area contributed by atoms with E-state index in [-0.39, 0.29) is 51.7 Å². The number of carbonyl (C=O) groups excluding carboxylic acids is 4. The van der Waals surface area contributed by atoms with Gasteiger partial charge in [-0.3, -0.25) is 29.1 Å². The van der Waals surface area contributed by atoms with Crippen molar-refractivity contribution in [1.82, 2.24) is 20.0 Å². The van der Waals surface area contributed by atoms with Gasteiger partial charge in [0.15, 0.2) is 5.11 Å². The van der Waals surface area contributed by atoms with Crippen LogP contribution in [-0.4, -0.2) is 132 Å². The zero-order valence-corrected chi connectivity index (χ0v) is 25.0. The molecule has 0 heterocycles. The highest BCUT2D eigenvalue weighted by atomic mass is 32.1. The summed E-state index contributed by atoms with van der Waals surface area (Å²) in [6, 6.07) is 6.87. The lowest BCUT2D eigenvalue weighted by Gasteiger charge is -2.34. The molecule has 14 nitrogen and oxygen atoms in total. The number of nitrogens with two attached hydrogens (primary N) is 1. The molecule has 6 N–H and O–H groups in total. The zero-order valence-electron chi connectivity index (χ0n) is 24.2. The third-order valence-electron chi connectivity index (χ3n) is 6.46. The molecular weight excluding hydrogens is 580 g/mol. The van der Waals surface area contributed by atoms with Crippen LogP contribution in [0.1, 0.15) is 31.2 Å². The third-order valence-corrected chi connectivity index (χ3v) is 6.70. The van der Waals surface area contributed by atoms with Crippen LogP contribution in [0.25, 0.3) is 0 Å². The van der Waals surface area contributed by atoms with E-state index in [0.717, 1.165) is 30.5 Å². The number of nitrogens with one attached hydrogen (secondary N) is 2. The lowest BCUT2D eigenvalue weighted by molar-refractivity contribution is -0.139. The van der Waals surface area contributed by atoms with Crippen molar-refractivity contribution in [2.24, 2.45) is 5.73 Å². The lowest BCUT2D eigenvalue weighted by atomic mass is 10.0. The molecule has 1 aromatic rings. The number of unbranched alkanes of at least 4 members (excludes halogenated alkanes) is 2. The standard InChI is InChI=1S/C28H42N6O8S/c29-25(38)4-2-1-3-9-30-28(43)31-23-7-5-22(6-8-23)18-24(34(14-17-37)21-27(41)42)19-32(12-15-35)10-11-33(13-16-36)20-26(39)40/h5-8,15-17,24H,1-4,9-14,18-21H2,(H2,29,38)(H,39,40)(H,41,42)(H2,30,31,43)/t24-/m1/s1. The molecule has 1 amide bonds. The van der Waals surface area contributed by atoms with Crippen LogP contribution in [0.5, 0.6) is 0 Å². The van der Waals surface area contributed by atoms with Crippen LogP contribution in [0.15, 0.2) is 24.3 Å². The molecule has 0 aromatic heterocycles. The smallest absolute Gasteiger partial charge is 0.317 e. The first-order valence-electron chi connectivity index (χ1n) is 13.9. The average Bonchev–Trinajstić information content (AvgIpc) is 2.93. The van der Waals surface area contributed by atoms with Crippen LogP contribution >= 0.6 is 12.2 Å². The van der Waals surface area contributed by atoms with Gasteiger partial charge < -0.3 is 41.0 Å². The number of primary amides is 1. The first-order chi connectivity index (χ1) is 20.6. The molecule has 0 saturated heterocycles. The van der Waals surface area contributed by atoms with Gasteiger partial charge in [0.2, 0.25) is 5.91 Å². The molecule has 15 heteroatoms. The maximum Gasteiger partial charge on any atom is 0.317 e. The number of hydrogen-bond acceptors (Lipinski definition) is 10. The predicted octanol–water partition coefficient (Wildman–Crippen LogP) is -0.398. The van der Waals surface area contributed by atoms with Crippen LogP contribution in [-0.2, 0) is 35.2 Å². The Morgan fingerprint density at radius 3 is 2.05 bits per heavy atom. The number of anilines is 1. The van der Waals surface area contributed by atoms with Gasteiger partial charge in [-0.15, -0.1) is 0 Å². The predicted molar refractivity (Wildman–Crippen MR) is 164 cm³/mol. The van der Waals surface area contributed by atoms with Gasteiger partial charge in [0, 0.05) is 44.3 Å². The molecule has 0 aliphatic rings. The second-order valence-corrected chi connectivity index (χ2v) is 10.3. The highest BCUT2D eigenvalue weighted by Gasteiger charge is 2.24. The van der Waals surface area contributed by atoms with Crippen molar-refractivity contribution in [3.05, 3.63) is 29.8 Å². The minimum absolute atomic E-state index is 0.00104. The second-order valence-electron chi connectivity index (χ2n) is 9.92. The number of carboxylic acids is 2. The first kappa shape index (κ1) is 37.2. The summed E-state index contributed by atoms with van der Waals surface area (Å²) in [6.07, 6.45) is 5.05. The van der Waals surface area contributed by atoms with Crippen molar-refractivity contribution in [2.75, 3.05) is 64.2 Å². The van der Waals surface area contributed by atoms with Gasteiger partial charge in [-0.05, 0) is 49.2 Å². The SMILES string of the molecule is NC(=O)CCCCCNC(=S)Nc1ccc(C[C@H](CN(CC=O)CCN(CC=O)CC(=O)O)N(CC=O)CC(=O)O)cc1. The summed E-state index contributed by atoms with van der Waals surface area (Å²) >= 11 is 5.34. The Bertz CT molecular complexity index is 1060. The van der Waals surface area contributed by atoms with E-state index in [4.69, 9.17) is 23.1 Å². The summed E-state index contributed by atoms with van der Waals surface area (Å²) < 4.78 is 0. The molecule has 1 atom stereocenters. The van der Waals surface area contributed by atoms with E-state index in [9.17, 15) is 33.9 Å². The summed E-state index contributed by atoms with van der Waals surface area (Å²) in [4.78, 5) is 72.0. The van der Waals surface area contributed by atoms with Crippen LogP contribution in [0.3, 0.4) is 0 Å². The summed E-state index contributed by atoms with van der Waals surface area (Å²) in [5.74, 6) is -2.51.